The zero-order chi connectivity index (χ0) is 22.0. The van der Waals surface area contributed by atoms with Crippen molar-refractivity contribution in [1.82, 2.24) is 9.29 Å². The Bertz CT molecular complexity index is 1170. The number of amides is 1. The van der Waals surface area contributed by atoms with E-state index in [1.54, 1.807) is 38.1 Å². The molecule has 0 bridgehead atoms. The van der Waals surface area contributed by atoms with Crippen molar-refractivity contribution in [3.8, 4) is 11.5 Å². The zero-order valence-corrected chi connectivity index (χ0v) is 18.9. The Morgan fingerprint density at radius 2 is 1.77 bits per heavy atom. The predicted molar refractivity (Wildman–Crippen MR) is 121 cm³/mol. The van der Waals surface area contributed by atoms with Gasteiger partial charge in [0.15, 0.2) is 5.13 Å². The van der Waals surface area contributed by atoms with Gasteiger partial charge in [0.2, 0.25) is 10.0 Å². The highest BCUT2D eigenvalue weighted by atomic mass is 32.2. The monoisotopic (exact) mass is 457 g/mol. The van der Waals surface area contributed by atoms with Crippen molar-refractivity contribution in [2.45, 2.75) is 32.1 Å². The Hall–Kier alpha value is -2.75. The maximum Gasteiger partial charge on any atom is 0.257 e. The van der Waals surface area contributed by atoms with Crippen molar-refractivity contribution in [2.24, 2.45) is 0 Å². The van der Waals surface area contributed by atoms with Gasteiger partial charge in [-0.3, -0.25) is 10.1 Å². The summed E-state index contributed by atoms with van der Waals surface area (Å²) in [5, 5.41) is 2.83. The van der Waals surface area contributed by atoms with E-state index in [1.807, 2.05) is 30.3 Å². The Morgan fingerprint density at radius 1 is 1.10 bits per heavy atom. The number of thiazole rings is 1. The molecule has 31 heavy (non-hydrogen) atoms. The van der Waals surface area contributed by atoms with Crippen LogP contribution < -0.4 is 10.1 Å². The van der Waals surface area contributed by atoms with E-state index in [9.17, 15) is 13.2 Å². The fourth-order valence-corrected chi connectivity index (χ4v) is 5.56. The van der Waals surface area contributed by atoms with E-state index in [0.29, 0.717) is 36.0 Å². The predicted octanol–water partition coefficient (Wildman–Crippen LogP) is 4.28. The summed E-state index contributed by atoms with van der Waals surface area (Å²) in [6, 6.07) is 16.3. The van der Waals surface area contributed by atoms with Crippen LogP contribution in [0.1, 0.15) is 34.8 Å². The minimum atomic E-state index is -3.31. The average Bonchev–Trinajstić information content (AvgIpc) is 3.16. The molecule has 2 heterocycles. The minimum Gasteiger partial charge on any atom is -0.457 e. The van der Waals surface area contributed by atoms with Gasteiger partial charge in [-0.25, -0.2) is 13.4 Å². The Balaban J connectivity index is 1.41. The summed E-state index contributed by atoms with van der Waals surface area (Å²) in [4.78, 5) is 18.0. The molecule has 1 aromatic heterocycles. The van der Waals surface area contributed by atoms with E-state index in [4.69, 9.17) is 4.74 Å². The third-order valence-electron chi connectivity index (χ3n) is 4.97. The summed E-state index contributed by atoms with van der Waals surface area (Å²) in [5.74, 6) is 1.09. The lowest BCUT2D eigenvalue weighted by Crippen LogP contribution is -2.39. The second-order valence-electron chi connectivity index (χ2n) is 7.46. The van der Waals surface area contributed by atoms with E-state index >= 15 is 0 Å². The number of sulfonamides is 1. The van der Waals surface area contributed by atoms with Gasteiger partial charge in [0.05, 0.1) is 10.9 Å². The summed E-state index contributed by atoms with van der Waals surface area (Å²) in [5.41, 5.74) is 1.33. The summed E-state index contributed by atoms with van der Waals surface area (Å²) in [7, 11) is -3.31. The second kappa shape index (κ2) is 8.78. The number of nitrogens with one attached hydrogen (secondary N) is 1. The molecular weight excluding hydrogens is 434 g/mol. The molecule has 0 saturated carbocycles. The summed E-state index contributed by atoms with van der Waals surface area (Å²) < 4.78 is 32.1. The van der Waals surface area contributed by atoms with Crippen LogP contribution in [0, 0.1) is 0 Å². The summed E-state index contributed by atoms with van der Waals surface area (Å²) >= 11 is 1.32. The molecule has 1 amide bonds. The van der Waals surface area contributed by atoms with Gasteiger partial charge in [-0.15, -0.1) is 11.3 Å². The maximum atomic E-state index is 12.6. The Kier molecular flexibility index (Phi) is 6.08. The van der Waals surface area contributed by atoms with Crippen molar-refractivity contribution in [1.29, 1.82) is 0 Å². The van der Waals surface area contributed by atoms with E-state index in [2.05, 4.69) is 10.3 Å². The number of hydrogen-bond acceptors (Lipinski definition) is 6. The SMILES string of the molecule is CC(C)S(=O)(=O)N1CCc2nc(NC(=O)c3ccc(Oc4ccccc4)cc3)sc2C1. The molecule has 0 radical (unpaired) electrons. The van der Waals surface area contributed by atoms with Crippen LogP contribution in [-0.2, 0) is 23.0 Å². The van der Waals surface area contributed by atoms with Crippen LogP contribution in [0.2, 0.25) is 0 Å². The topological polar surface area (TPSA) is 88.6 Å². The van der Waals surface area contributed by atoms with Crippen molar-refractivity contribution >= 4 is 32.4 Å². The first-order chi connectivity index (χ1) is 14.8. The molecule has 162 valence electrons. The highest BCUT2D eigenvalue weighted by Gasteiger charge is 2.31. The largest absolute Gasteiger partial charge is 0.457 e. The molecule has 9 heteroatoms. The molecule has 3 aromatic rings. The lowest BCUT2D eigenvalue weighted by Gasteiger charge is -2.26. The molecule has 2 aromatic carbocycles. The van der Waals surface area contributed by atoms with Crippen LogP contribution in [0.25, 0.3) is 0 Å². The van der Waals surface area contributed by atoms with Gasteiger partial charge < -0.3 is 4.74 Å². The molecule has 0 fully saturated rings. The van der Waals surface area contributed by atoms with Gasteiger partial charge >= 0.3 is 0 Å². The number of fused-ring (bicyclic) bond motifs is 1. The Morgan fingerprint density at radius 3 is 2.45 bits per heavy atom. The van der Waals surface area contributed by atoms with Gasteiger partial charge in [0, 0.05) is 30.0 Å². The lowest BCUT2D eigenvalue weighted by atomic mass is 10.2. The second-order valence-corrected chi connectivity index (χ2v) is 11.0. The number of hydrogen-bond donors (Lipinski definition) is 1. The van der Waals surface area contributed by atoms with Crippen LogP contribution in [0.3, 0.4) is 0 Å². The van der Waals surface area contributed by atoms with E-state index in [1.165, 1.54) is 15.6 Å². The van der Waals surface area contributed by atoms with Crippen molar-refractivity contribution < 1.29 is 17.9 Å². The molecule has 7 nitrogen and oxygen atoms in total. The molecule has 0 aliphatic carbocycles. The van der Waals surface area contributed by atoms with E-state index in [-0.39, 0.29) is 5.91 Å². The molecule has 1 aliphatic rings. The molecular formula is C22H23N3O4S2. The standard InChI is InChI=1S/C22H23N3O4S2/c1-15(2)31(27,28)25-13-12-19-20(14-25)30-22(23-19)24-21(26)16-8-10-18(11-9-16)29-17-6-4-3-5-7-17/h3-11,15H,12-14H2,1-2H3,(H,23,24,26). The first-order valence-electron chi connectivity index (χ1n) is 9.95. The third kappa shape index (κ3) is 4.79. The number of nitrogens with zero attached hydrogens (tertiary/aromatic N) is 2. The van der Waals surface area contributed by atoms with Crippen LogP contribution in [0.15, 0.2) is 54.6 Å². The number of ether oxygens (including phenoxy) is 1. The minimum absolute atomic E-state index is 0.274. The van der Waals surface area contributed by atoms with Crippen LogP contribution in [0.4, 0.5) is 5.13 Å². The molecule has 0 saturated heterocycles. The van der Waals surface area contributed by atoms with E-state index < -0.39 is 15.3 Å². The van der Waals surface area contributed by atoms with Gasteiger partial charge in [-0.2, -0.15) is 4.31 Å². The number of carbonyl (C=O) groups is 1. The highest BCUT2D eigenvalue weighted by Crippen LogP contribution is 2.30. The first kappa shape index (κ1) is 21.5. The third-order valence-corrected chi connectivity index (χ3v) is 8.19. The molecule has 0 unspecified atom stereocenters. The molecule has 1 N–H and O–H groups in total. The zero-order valence-electron chi connectivity index (χ0n) is 17.2. The van der Waals surface area contributed by atoms with E-state index in [0.717, 1.165) is 16.3 Å². The van der Waals surface area contributed by atoms with Crippen molar-refractivity contribution in [3.05, 3.63) is 70.7 Å². The number of anilines is 1. The maximum absolute atomic E-state index is 12.6. The highest BCUT2D eigenvalue weighted by molar-refractivity contribution is 7.89. The van der Waals surface area contributed by atoms with Gasteiger partial charge in [0.25, 0.3) is 5.91 Å². The number of para-hydroxylation sites is 1. The van der Waals surface area contributed by atoms with Crippen molar-refractivity contribution in [3.63, 3.8) is 0 Å². The molecule has 1 aliphatic heterocycles. The van der Waals surface area contributed by atoms with Gasteiger partial charge in [-0.1, -0.05) is 18.2 Å². The lowest BCUT2D eigenvalue weighted by molar-refractivity contribution is 0.102. The molecule has 0 spiro atoms. The normalized spacial score (nSPS) is 14.3. The van der Waals surface area contributed by atoms with Crippen LogP contribution in [-0.4, -0.2) is 35.4 Å². The first-order valence-corrected chi connectivity index (χ1v) is 12.3. The number of benzene rings is 2. The summed E-state index contributed by atoms with van der Waals surface area (Å²) in [6.45, 7) is 4.07. The fourth-order valence-electron chi connectivity index (χ4n) is 3.21. The number of aromatic nitrogens is 1. The van der Waals surface area contributed by atoms with Crippen molar-refractivity contribution in [2.75, 3.05) is 11.9 Å². The smallest absolute Gasteiger partial charge is 0.257 e. The average molecular weight is 458 g/mol. The summed E-state index contributed by atoms with van der Waals surface area (Å²) in [6.07, 6.45) is 0.541. The van der Waals surface area contributed by atoms with Crippen LogP contribution in [0.5, 0.6) is 11.5 Å². The number of rotatable bonds is 6. The fraction of sp³-hybridized carbons (Fsp3) is 0.273. The molecule has 0 atom stereocenters. The van der Waals surface area contributed by atoms with Gasteiger partial charge in [-0.05, 0) is 50.2 Å². The van der Waals surface area contributed by atoms with Crippen LogP contribution >= 0.6 is 11.3 Å². The quantitative estimate of drug-likeness (QED) is 0.597. The Labute approximate surface area is 185 Å². The number of carbonyl (C=O) groups excluding carboxylic acids is 1. The molecule has 4 rings (SSSR count). The van der Waals surface area contributed by atoms with Gasteiger partial charge in [0.1, 0.15) is 11.5 Å².